The number of aromatic nitrogens is 4. The second-order valence-electron chi connectivity index (χ2n) is 7.75. The van der Waals surface area contributed by atoms with Crippen LogP contribution in [0.4, 0.5) is 14.5 Å². The van der Waals surface area contributed by atoms with Gasteiger partial charge in [0.25, 0.3) is 0 Å². The van der Waals surface area contributed by atoms with Crippen LogP contribution in [0.3, 0.4) is 0 Å². The molecule has 4 aromatic rings. The summed E-state index contributed by atoms with van der Waals surface area (Å²) in [5.41, 5.74) is 1.07. The molecule has 1 aromatic carbocycles. The number of fused-ring (bicyclic) bond motifs is 1. The van der Waals surface area contributed by atoms with Crippen LogP contribution >= 0.6 is 0 Å². The molecule has 10 nitrogen and oxygen atoms in total. The van der Waals surface area contributed by atoms with E-state index in [1.165, 1.54) is 38.6 Å². The second-order valence-corrected chi connectivity index (χ2v) is 9.53. The average Bonchev–Trinajstić information content (AvgIpc) is 3.31. The molecule has 36 heavy (non-hydrogen) atoms. The van der Waals surface area contributed by atoms with Crippen LogP contribution in [0.1, 0.15) is 22.3 Å². The third-order valence-corrected chi connectivity index (χ3v) is 6.90. The highest BCUT2D eigenvalue weighted by atomic mass is 32.2. The highest BCUT2D eigenvalue weighted by Gasteiger charge is 2.24. The first kappa shape index (κ1) is 25.1. The standard InChI is InChI=1S/C23H22F2N6O4S/c1-31(8-4-7-24)36(33,34)30-19-6-3-5-16(20(19)25)21(32)18-13-27-22-17(18)9-14(10-26-22)15-11-28-23(35-2)29-12-15/h3,5-6,9-13,30H,4,7-8H2,1-2H3,(H,26,27). The highest BCUT2D eigenvalue weighted by Crippen LogP contribution is 2.28. The van der Waals surface area contributed by atoms with Crippen molar-refractivity contribution in [1.82, 2.24) is 24.2 Å². The monoisotopic (exact) mass is 516 g/mol. The third-order valence-electron chi connectivity index (χ3n) is 5.42. The van der Waals surface area contributed by atoms with Crippen LogP contribution in [0.5, 0.6) is 6.01 Å². The Bertz CT molecular complexity index is 1510. The molecule has 0 saturated heterocycles. The van der Waals surface area contributed by atoms with E-state index in [0.29, 0.717) is 22.2 Å². The largest absolute Gasteiger partial charge is 0.467 e. The Morgan fingerprint density at radius 3 is 2.56 bits per heavy atom. The summed E-state index contributed by atoms with van der Waals surface area (Å²) in [5, 5.41) is 0.435. The van der Waals surface area contributed by atoms with Crippen molar-refractivity contribution < 1.29 is 26.7 Å². The lowest BCUT2D eigenvalue weighted by molar-refractivity contribution is 0.103. The van der Waals surface area contributed by atoms with Crippen molar-refractivity contribution in [2.45, 2.75) is 6.42 Å². The van der Waals surface area contributed by atoms with Gasteiger partial charge < -0.3 is 9.72 Å². The van der Waals surface area contributed by atoms with Crippen LogP contribution < -0.4 is 9.46 Å². The molecule has 3 aromatic heterocycles. The molecule has 0 bridgehead atoms. The molecular weight excluding hydrogens is 494 g/mol. The Morgan fingerprint density at radius 2 is 1.86 bits per heavy atom. The molecule has 0 aliphatic carbocycles. The number of nitrogens with one attached hydrogen (secondary N) is 2. The minimum atomic E-state index is -4.15. The first-order chi connectivity index (χ1) is 17.2. The van der Waals surface area contributed by atoms with Gasteiger partial charge in [-0.3, -0.25) is 13.9 Å². The van der Waals surface area contributed by atoms with E-state index in [1.807, 2.05) is 0 Å². The highest BCUT2D eigenvalue weighted by molar-refractivity contribution is 7.90. The molecule has 13 heteroatoms. The summed E-state index contributed by atoms with van der Waals surface area (Å²) in [5.74, 6) is -1.71. The van der Waals surface area contributed by atoms with Crippen LogP contribution in [-0.2, 0) is 10.2 Å². The number of nitrogens with zero attached hydrogens (tertiary/aromatic N) is 4. The van der Waals surface area contributed by atoms with Gasteiger partial charge in [0, 0.05) is 60.5 Å². The lowest BCUT2D eigenvalue weighted by atomic mass is 10.0. The number of H-pyrrole nitrogens is 1. The number of hydrogen-bond acceptors (Lipinski definition) is 7. The van der Waals surface area contributed by atoms with Crippen molar-refractivity contribution in [1.29, 1.82) is 0 Å². The molecule has 0 atom stereocenters. The Kier molecular flexibility index (Phi) is 7.22. The number of alkyl halides is 1. The summed E-state index contributed by atoms with van der Waals surface area (Å²) in [6, 6.07) is 5.72. The van der Waals surface area contributed by atoms with E-state index >= 15 is 4.39 Å². The van der Waals surface area contributed by atoms with Crippen molar-refractivity contribution in [3.8, 4) is 17.1 Å². The number of aromatic amines is 1. The minimum Gasteiger partial charge on any atom is -0.467 e. The number of carbonyl (C=O) groups is 1. The van der Waals surface area contributed by atoms with Crippen molar-refractivity contribution in [2.75, 3.05) is 32.1 Å². The Hall–Kier alpha value is -3.97. The average molecular weight is 517 g/mol. The van der Waals surface area contributed by atoms with Crippen molar-refractivity contribution in [3.05, 3.63) is 66.0 Å². The van der Waals surface area contributed by atoms with Crippen LogP contribution in [0.15, 0.2) is 49.1 Å². The van der Waals surface area contributed by atoms with E-state index in [0.717, 1.165) is 4.31 Å². The molecule has 0 amide bonds. The molecule has 0 aliphatic heterocycles. The van der Waals surface area contributed by atoms with Gasteiger partial charge in [-0.25, -0.2) is 19.3 Å². The van der Waals surface area contributed by atoms with Crippen LogP contribution in [0, 0.1) is 5.82 Å². The van der Waals surface area contributed by atoms with Gasteiger partial charge in [-0.05, 0) is 24.6 Å². The fourth-order valence-corrected chi connectivity index (χ4v) is 4.43. The summed E-state index contributed by atoms with van der Waals surface area (Å²) < 4.78 is 60.6. The quantitative estimate of drug-likeness (QED) is 0.309. The van der Waals surface area contributed by atoms with Gasteiger partial charge in [0.1, 0.15) is 5.65 Å². The third kappa shape index (κ3) is 5.02. The van der Waals surface area contributed by atoms with Gasteiger partial charge in [0.05, 0.1) is 25.0 Å². The zero-order valence-corrected chi connectivity index (χ0v) is 20.1. The number of hydrogen-bond donors (Lipinski definition) is 2. The maximum absolute atomic E-state index is 15.3. The molecule has 188 valence electrons. The summed E-state index contributed by atoms with van der Waals surface area (Å²) in [6.45, 7) is -0.777. The van der Waals surface area contributed by atoms with E-state index in [1.54, 1.807) is 24.7 Å². The fourth-order valence-electron chi connectivity index (χ4n) is 3.47. The number of methoxy groups -OCH3 is 1. The van der Waals surface area contributed by atoms with Gasteiger partial charge in [-0.1, -0.05) is 6.07 Å². The topological polar surface area (TPSA) is 130 Å². The SMILES string of the molecule is COc1ncc(-c2cnc3[nH]cc(C(=O)c4cccc(NS(=O)(=O)N(C)CCCF)c4F)c3c2)cn1. The van der Waals surface area contributed by atoms with E-state index in [-0.39, 0.29) is 30.1 Å². The van der Waals surface area contributed by atoms with Crippen molar-refractivity contribution in [2.24, 2.45) is 0 Å². The van der Waals surface area contributed by atoms with E-state index in [9.17, 15) is 17.6 Å². The van der Waals surface area contributed by atoms with E-state index in [4.69, 9.17) is 4.74 Å². The van der Waals surface area contributed by atoms with Crippen molar-refractivity contribution >= 4 is 32.7 Å². The number of rotatable bonds is 10. The zero-order chi connectivity index (χ0) is 25.9. The number of ketones is 1. The molecule has 0 fully saturated rings. The smallest absolute Gasteiger partial charge is 0.316 e. The normalized spacial score (nSPS) is 11.7. The molecule has 4 rings (SSSR count). The van der Waals surface area contributed by atoms with Crippen LogP contribution in [0.25, 0.3) is 22.2 Å². The first-order valence-electron chi connectivity index (χ1n) is 10.7. The van der Waals surface area contributed by atoms with E-state index < -0.39 is 34.2 Å². The fraction of sp³-hybridized carbons (Fsp3) is 0.217. The molecule has 0 aliphatic rings. The second kappa shape index (κ2) is 10.3. The molecular formula is C23H22F2N6O4S. The molecule has 0 unspecified atom stereocenters. The molecule has 3 heterocycles. The zero-order valence-electron chi connectivity index (χ0n) is 19.3. The van der Waals surface area contributed by atoms with Crippen LogP contribution in [0.2, 0.25) is 0 Å². The Balaban J connectivity index is 1.66. The van der Waals surface area contributed by atoms with Crippen LogP contribution in [-0.4, -0.2) is 65.8 Å². The van der Waals surface area contributed by atoms with Gasteiger partial charge >= 0.3 is 16.2 Å². The number of ether oxygens (including phenoxy) is 1. The summed E-state index contributed by atoms with van der Waals surface area (Å²) in [4.78, 5) is 28.6. The predicted octanol–water partition coefficient (Wildman–Crippen LogP) is 3.35. The van der Waals surface area contributed by atoms with Crippen molar-refractivity contribution in [3.63, 3.8) is 0 Å². The minimum absolute atomic E-state index is 0.00233. The molecule has 0 saturated carbocycles. The maximum Gasteiger partial charge on any atom is 0.316 e. The number of anilines is 1. The summed E-state index contributed by atoms with van der Waals surface area (Å²) in [7, 11) is -1.46. The van der Waals surface area contributed by atoms with Gasteiger partial charge in [-0.15, -0.1) is 0 Å². The van der Waals surface area contributed by atoms with Gasteiger partial charge in [0.2, 0.25) is 0 Å². The lowest BCUT2D eigenvalue weighted by Gasteiger charge is -2.18. The van der Waals surface area contributed by atoms with E-state index in [2.05, 4.69) is 24.7 Å². The Morgan fingerprint density at radius 1 is 1.14 bits per heavy atom. The number of carbonyl (C=O) groups excluding carboxylic acids is 1. The van der Waals surface area contributed by atoms with Gasteiger partial charge in [-0.2, -0.15) is 12.7 Å². The predicted molar refractivity (Wildman–Crippen MR) is 129 cm³/mol. The number of benzene rings is 1. The maximum atomic E-state index is 15.3. The molecule has 0 spiro atoms. The lowest BCUT2D eigenvalue weighted by Crippen LogP contribution is -2.33. The number of pyridine rings is 1. The molecule has 2 N–H and O–H groups in total. The summed E-state index contributed by atoms with van der Waals surface area (Å²) >= 11 is 0. The molecule has 0 radical (unpaired) electrons. The Labute approximate surface area is 205 Å². The number of halogens is 2. The first-order valence-corrected chi connectivity index (χ1v) is 12.2. The summed E-state index contributed by atoms with van der Waals surface area (Å²) in [6.07, 6.45) is 6.08. The van der Waals surface area contributed by atoms with Gasteiger partial charge in [0.15, 0.2) is 11.6 Å².